The average molecular weight is 402 g/mol. The Morgan fingerprint density at radius 3 is 2.52 bits per heavy atom. The molecule has 0 aromatic heterocycles. The molecule has 1 atom stereocenters. The molecule has 0 spiro atoms. The fourth-order valence-corrected chi connectivity index (χ4v) is 3.78. The maximum Gasteiger partial charge on any atom is 0.309 e. The molecule has 2 heterocycles. The molecule has 3 rings (SSSR count). The minimum atomic E-state index is -0.422. The summed E-state index contributed by atoms with van der Waals surface area (Å²) >= 11 is 0. The van der Waals surface area contributed by atoms with E-state index in [0.29, 0.717) is 39.0 Å². The topological polar surface area (TPSA) is 84.9 Å². The number of carbonyl (C=O) groups excluding carboxylic acids is 3. The molecular formula is C22H30N2O5. The van der Waals surface area contributed by atoms with E-state index >= 15 is 0 Å². The number of fused-ring (bicyclic) bond motifs is 1. The van der Waals surface area contributed by atoms with Gasteiger partial charge >= 0.3 is 5.97 Å². The number of rotatable bonds is 4. The van der Waals surface area contributed by atoms with Gasteiger partial charge in [-0.1, -0.05) is 39.0 Å². The predicted octanol–water partition coefficient (Wildman–Crippen LogP) is 2.45. The summed E-state index contributed by atoms with van der Waals surface area (Å²) in [5.74, 6) is -0.0792. The highest BCUT2D eigenvalue weighted by molar-refractivity contribution is 5.83. The van der Waals surface area contributed by atoms with Crippen molar-refractivity contribution < 1.29 is 23.9 Å². The lowest BCUT2D eigenvalue weighted by Gasteiger charge is -2.34. The zero-order valence-corrected chi connectivity index (χ0v) is 17.4. The SMILES string of the molecule is CC(C)(C)C(=O)N1CCC(C(=O)OCC(=O)NC2CCOc3ccccc32)CC1. The van der Waals surface area contributed by atoms with Crippen molar-refractivity contribution >= 4 is 17.8 Å². The van der Waals surface area contributed by atoms with E-state index in [2.05, 4.69) is 5.32 Å². The van der Waals surface area contributed by atoms with Crippen LogP contribution in [0.15, 0.2) is 24.3 Å². The Hall–Kier alpha value is -2.57. The van der Waals surface area contributed by atoms with Crippen LogP contribution in [0, 0.1) is 11.3 Å². The molecule has 158 valence electrons. The zero-order valence-electron chi connectivity index (χ0n) is 17.4. The van der Waals surface area contributed by atoms with E-state index in [1.165, 1.54) is 0 Å². The number of hydrogen-bond acceptors (Lipinski definition) is 5. The normalized spacial score (nSPS) is 19.7. The molecule has 1 aromatic carbocycles. The number of benzene rings is 1. The van der Waals surface area contributed by atoms with Crippen LogP contribution in [0.4, 0.5) is 0 Å². The van der Waals surface area contributed by atoms with Crippen molar-refractivity contribution in [3.8, 4) is 5.75 Å². The van der Waals surface area contributed by atoms with Crippen molar-refractivity contribution in [2.24, 2.45) is 11.3 Å². The van der Waals surface area contributed by atoms with Crippen molar-refractivity contribution in [1.82, 2.24) is 10.2 Å². The van der Waals surface area contributed by atoms with Crippen molar-refractivity contribution in [3.63, 3.8) is 0 Å². The summed E-state index contributed by atoms with van der Waals surface area (Å²) in [6.07, 6.45) is 1.81. The van der Waals surface area contributed by atoms with Gasteiger partial charge < -0.3 is 19.7 Å². The van der Waals surface area contributed by atoms with E-state index in [4.69, 9.17) is 9.47 Å². The van der Waals surface area contributed by atoms with Crippen molar-refractivity contribution in [2.75, 3.05) is 26.3 Å². The van der Waals surface area contributed by atoms with E-state index in [0.717, 1.165) is 11.3 Å². The highest BCUT2D eigenvalue weighted by atomic mass is 16.5. The Kier molecular flexibility index (Phi) is 6.45. The molecule has 1 saturated heterocycles. The third-order valence-corrected chi connectivity index (χ3v) is 5.40. The van der Waals surface area contributed by atoms with Gasteiger partial charge in [-0.05, 0) is 18.9 Å². The molecule has 2 aliphatic heterocycles. The zero-order chi connectivity index (χ0) is 21.0. The first-order valence-corrected chi connectivity index (χ1v) is 10.2. The molecule has 1 unspecified atom stereocenters. The van der Waals surface area contributed by atoms with Gasteiger partial charge in [0.05, 0.1) is 18.6 Å². The Bertz CT molecular complexity index is 763. The summed E-state index contributed by atoms with van der Waals surface area (Å²) < 4.78 is 10.8. The van der Waals surface area contributed by atoms with Gasteiger partial charge in [0, 0.05) is 30.5 Å². The number of hydrogen-bond donors (Lipinski definition) is 1. The lowest BCUT2D eigenvalue weighted by molar-refractivity contribution is -0.155. The van der Waals surface area contributed by atoms with Gasteiger partial charge in [0.2, 0.25) is 5.91 Å². The summed E-state index contributed by atoms with van der Waals surface area (Å²) in [6.45, 7) is 7.01. The largest absolute Gasteiger partial charge is 0.493 e. The van der Waals surface area contributed by atoms with E-state index in [-0.39, 0.29) is 36.4 Å². The van der Waals surface area contributed by atoms with Crippen molar-refractivity contribution in [1.29, 1.82) is 0 Å². The van der Waals surface area contributed by atoms with E-state index in [1.807, 2.05) is 45.0 Å². The number of amides is 2. The lowest BCUT2D eigenvalue weighted by atomic mass is 9.91. The summed E-state index contributed by atoms with van der Waals surface area (Å²) in [5, 5.41) is 2.92. The third-order valence-electron chi connectivity index (χ3n) is 5.40. The van der Waals surface area contributed by atoms with Crippen LogP contribution in [0.3, 0.4) is 0 Å². The van der Waals surface area contributed by atoms with Crippen LogP contribution in [0.25, 0.3) is 0 Å². The smallest absolute Gasteiger partial charge is 0.309 e. The summed E-state index contributed by atoms with van der Waals surface area (Å²) in [4.78, 5) is 38.8. The molecular weight excluding hydrogens is 372 g/mol. The van der Waals surface area contributed by atoms with Gasteiger partial charge in [0.25, 0.3) is 5.91 Å². The molecule has 1 N–H and O–H groups in total. The molecule has 0 bridgehead atoms. The van der Waals surface area contributed by atoms with Gasteiger partial charge in [-0.2, -0.15) is 0 Å². The minimum Gasteiger partial charge on any atom is -0.493 e. The molecule has 1 aromatic rings. The fourth-order valence-electron chi connectivity index (χ4n) is 3.78. The molecule has 0 radical (unpaired) electrons. The van der Waals surface area contributed by atoms with Gasteiger partial charge in [-0.25, -0.2) is 0 Å². The maximum absolute atomic E-state index is 12.3. The molecule has 2 aliphatic rings. The highest BCUT2D eigenvalue weighted by Crippen LogP contribution is 2.31. The van der Waals surface area contributed by atoms with Gasteiger partial charge in [0.15, 0.2) is 6.61 Å². The second-order valence-corrected chi connectivity index (χ2v) is 8.72. The Morgan fingerprint density at radius 1 is 1.14 bits per heavy atom. The number of ether oxygens (including phenoxy) is 2. The standard InChI is InChI=1S/C22H30N2O5/c1-22(2,3)21(27)24-11-8-15(9-12-24)20(26)29-14-19(25)23-17-10-13-28-18-7-5-4-6-16(17)18/h4-7,15,17H,8-14H2,1-3H3,(H,23,25). The first kappa shape index (κ1) is 21.1. The van der Waals surface area contributed by atoms with Crippen LogP contribution in [0.5, 0.6) is 5.75 Å². The minimum absolute atomic E-state index is 0.0976. The number of piperidine rings is 1. The summed E-state index contributed by atoms with van der Waals surface area (Å²) in [7, 11) is 0. The molecule has 1 fully saturated rings. The number of esters is 1. The fraction of sp³-hybridized carbons (Fsp3) is 0.591. The molecule has 0 aliphatic carbocycles. The molecule has 0 saturated carbocycles. The van der Waals surface area contributed by atoms with Crippen molar-refractivity contribution in [3.05, 3.63) is 29.8 Å². The molecule has 7 heteroatoms. The van der Waals surface area contributed by atoms with E-state index in [9.17, 15) is 14.4 Å². The highest BCUT2D eigenvalue weighted by Gasteiger charge is 2.33. The quantitative estimate of drug-likeness (QED) is 0.782. The molecule has 7 nitrogen and oxygen atoms in total. The van der Waals surface area contributed by atoms with Gasteiger partial charge in [0.1, 0.15) is 5.75 Å². The number of nitrogens with one attached hydrogen (secondary N) is 1. The van der Waals surface area contributed by atoms with E-state index in [1.54, 1.807) is 4.90 Å². The van der Waals surface area contributed by atoms with Crippen LogP contribution in [0.2, 0.25) is 0 Å². The number of carbonyl (C=O) groups is 3. The van der Waals surface area contributed by atoms with Crippen LogP contribution < -0.4 is 10.1 Å². The second-order valence-electron chi connectivity index (χ2n) is 8.72. The Labute approximate surface area is 171 Å². The van der Waals surface area contributed by atoms with Gasteiger partial charge in [-0.15, -0.1) is 0 Å². The number of para-hydroxylation sites is 1. The summed E-state index contributed by atoms with van der Waals surface area (Å²) in [5.41, 5.74) is 0.517. The van der Waals surface area contributed by atoms with Crippen LogP contribution in [-0.4, -0.2) is 49.0 Å². The molecule has 2 amide bonds. The first-order valence-electron chi connectivity index (χ1n) is 10.2. The predicted molar refractivity (Wildman–Crippen MR) is 107 cm³/mol. The lowest BCUT2D eigenvalue weighted by Crippen LogP contribution is -2.45. The van der Waals surface area contributed by atoms with Crippen LogP contribution in [0.1, 0.15) is 51.6 Å². The third kappa shape index (κ3) is 5.28. The van der Waals surface area contributed by atoms with E-state index < -0.39 is 5.41 Å². The number of nitrogens with zero attached hydrogens (tertiary/aromatic N) is 1. The molecule has 29 heavy (non-hydrogen) atoms. The Balaban J connectivity index is 1.43. The van der Waals surface area contributed by atoms with Gasteiger partial charge in [-0.3, -0.25) is 14.4 Å². The summed E-state index contributed by atoms with van der Waals surface area (Å²) in [6, 6.07) is 7.47. The maximum atomic E-state index is 12.3. The van der Waals surface area contributed by atoms with Crippen LogP contribution >= 0.6 is 0 Å². The monoisotopic (exact) mass is 402 g/mol. The van der Waals surface area contributed by atoms with Crippen LogP contribution in [-0.2, 0) is 19.1 Å². The second kappa shape index (κ2) is 8.84. The number of likely N-dealkylation sites (tertiary alicyclic amines) is 1. The average Bonchev–Trinajstić information content (AvgIpc) is 2.71. The van der Waals surface area contributed by atoms with Crippen molar-refractivity contribution in [2.45, 2.75) is 46.1 Å². The first-order chi connectivity index (χ1) is 13.8. The Morgan fingerprint density at radius 2 is 1.83 bits per heavy atom.